The molecule has 1 unspecified atom stereocenters. The summed E-state index contributed by atoms with van der Waals surface area (Å²) >= 11 is 0. The van der Waals surface area contributed by atoms with Crippen LogP contribution in [0.25, 0.3) is 0 Å². The van der Waals surface area contributed by atoms with E-state index in [-0.39, 0.29) is 26.1 Å². The van der Waals surface area contributed by atoms with Crippen LogP contribution in [0.4, 0.5) is 17.6 Å². The maximum atomic E-state index is 14.4. The predicted octanol–water partition coefficient (Wildman–Crippen LogP) is 1.31. The average Bonchev–Trinajstić information content (AvgIpc) is 2.91. The number of hydrogen-bond donors (Lipinski definition) is 1. The molecule has 5 nitrogen and oxygen atoms in total. The van der Waals surface area contributed by atoms with Crippen molar-refractivity contribution in [1.29, 1.82) is 0 Å². The first-order chi connectivity index (χ1) is 10.7. The summed E-state index contributed by atoms with van der Waals surface area (Å²) in [5.74, 6) is -6.03. The molecule has 0 radical (unpaired) electrons. The molecule has 1 aromatic rings. The highest BCUT2D eigenvalue weighted by atomic mass is 32.2. The van der Waals surface area contributed by atoms with Crippen molar-refractivity contribution >= 4 is 10.0 Å². The van der Waals surface area contributed by atoms with Gasteiger partial charge in [0.25, 0.3) is 0 Å². The van der Waals surface area contributed by atoms with Gasteiger partial charge in [-0.25, -0.2) is 26.0 Å². The van der Waals surface area contributed by atoms with Gasteiger partial charge in [0.2, 0.25) is 15.7 Å². The maximum Gasteiger partial charge on any atom is 0.302 e. The lowest BCUT2D eigenvalue weighted by Crippen LogP contribution is -2.66. The molecule has 1 N–H and O–H groups in total. The fourth-order valence-electron chi connectivity index (χ4n) is 2.94. The zero-order valence-corrected chi connectivity index (χ0v) is 12.7. The third-order valence-corrected chi connectivity index (χ3v) is 5.98. The Hall–Kier alpha value is -1.23. The van der Waals surface area contributed by atoms with Gasteiger partial charge in [-0.1, -0.05) is 0 Å². The molecule has 1 atom stereocenters. The smallest absolute Gasteiger partial charge is 0.302 e. The van der Waals surface area contributed by atoms with Crippen LogP contribution < -0.4 is 5.32 Å². The maximum absolute atomic E-state index is 14.4. The Labute approximate surface area is 130 Å². The van der Waals surface area contributed by atoms with E-state index in [9.17, 15) is 26.0 Å². The number of rotatable bonds is 2. The zero-order valence-electron chi connectivity index (χ0n) is 11.9. The second-order valence-electron chi connectivity index (χ2n) is 5.42. The minimum atomic E-state index is -4.46. The first-order valence-electron chi connectivity index (χ1n) is 6.91. The fourth-order valence-corrected chi connectivity index (χ4v) is 4.67. The minimum Gasteiger partial charge on any atom is -0.352 e. The molecule has 2 saturated heterocycles. The van der Waals surface area contributed by atoms with Crippen molar-refractivity contribution in [2.45, 2.75) is 23.0 Å². The SMILES string of the molecule is O=S(=O)(c1ccc(F)c(F)c1)N1CCOC12CCNCC2(F)F. The monoisotopic (exact) mass is 354 g/mol. The van der Waals surface area contributed by atoms with Gasteiger partial charge in [0.15, 0.2) is 11.6 Å². The van der Waals surface area contributed by atoms with E-state index in [0.29, 0.717) is 16.4 Å². The Morgan fingerprint density at radius 2 is 1.96 bits per heavy atom. The van der Waals surface area contributed by atoms with Crippen LogP contribution in [0.1, 0.15) is 6.42 Å². The van der Waals surface area contributed by atoms with Crippen molar-refractivity contribution in [3.8, 4) is 0 Å². The van der Waals surface area contributed by atoms with Crippen LogP contribution in [0.15, 0.2) is 23.1 Å². The van der Waals surface area contributed by atoms with Gasteiger partial charge in [0, 0.05) is 13.0 Å². The van der Waals surface area contributed by atoms with Gasteiger partial charge in [-0.05, 0) is 24.7 Å². The highest BCUT2D eigenvalue weighted by Crippen LogP contribution is 2.45. The van der Waals surface area contributed by atoms with E-state index < -0.39 is 44.7 Å². The van der Waals surface area contributed by atoms with Crippen LogP contribution >= 0.6 is 0 Å². The molecule has 1 spiro atoms. The summed E-state index contributed by atoms with van der Waals surface area (Å²) in [5, 5.41) is 2.49. The molecule has 3 rings (SSSR count). The first-order valence-corrected chi connectivity index (χ1v) is 8.35. The molecule has 1 aromatic carbocycles. The van der Waals surface area contributed by atoms with Gasteiger partial charge < -0.3 is 10.1 Å². The van der Waals surface area contributed by atoms with Gasteiger partial charge in [-0.2, -0.15) is 4.31 Å². The molecule has 10 heteroatoms. The molecular formula is C13H14F4N2O3S. The summed E-state index contributed by atoms with van der Waals surface area (Å²) in [6.07, 6.45) is -0.247. The van der Waals surface area contributed by atoms with Crippen LogP contribution in [-0.4, -0.2) is 50.6 Å². The molecule has 2 fully saturated rings. The molecule has 0 bridgehead atoms. The number of nitrogens with one attached hydrogen (secondary N) is 1. The van der Waals surface area contributed by atoms with E-state index in [0.717, 1.165) is 6.07 Å². The number of sulfonamides is 1. The van der Waals surface area contributed by atoms with Gasteiger partial charge in [-0.3, -0.25) is 0 Å². The molecule has 0 saturated carbocycles. The largest absolute Gasteiger partial charge is 0.352 e. The number of piperidine rings is 1. The van der Waals surface area contributed by atoms with E-state index in [4.69, 9.17) is 4.74 Å². The topological polar surface area (TPSA) is 58.6 Å². The minimum absolute atomic E-state index is 0.152. The Morgan fingerprint density at radius 3 is 2.61 bits per heavy atom. The van der Waals surface area contributed by atoms with E-state index in [2.05, 4.69) is 5.32 Å². The summed E-state index contributed by atoms with van der Waals surface area (Å²) in [5.41, 5.74) is -2.30. The highest BCUT2D eigenvalue weighted by Gasteiger charge is 2.65. The summed E-state index contributed by atoms with van der Waals surface area (Å²) in [6.45, 7) is -1.05. The Kier molecular flexibility index (Phi) is 3.90. The van der Waals surface area contributed by atoms with Gasteiger partial charge in [0.05, 0.1) is 18.0 Å². The van der Waals surface area contributed by atoms with E-state index in [1.54, 1.807) is 0 Å². The molecular weight excluding hydrogens is 340 g/mol. The summed E-state index contributed by atoms with van der Waals surface area (Å²) in [6, 6.07) is 1.97. The van der Waals surface area contributed by atoms with Crippen molar-refractivity contribution in [2.75, 3.05) is 26.2 Å². The lowest BCUT2D eigenvalue weighted by molar-refractivity contribution is -0.233. The average molecular weight is 354 g/mol. The highest BCUT2D eigenvalue weighted by molar-refractivity contribution is 7.89. The molecule has 23 heavy (non-hydrogen) atoms. The molecule has 2 aliphatic rings. The Balaban J connectivity index is 2.06. The van der Waals surface area contributed by atoms with E-state index >= 15 is 0 Å². The third kappa shape index (κ3) is 2.44. The lowest BCUT2D eigenvalue weighted by Gasteiger charge is -2.44. The number of hydrogen-bond acceptors (Lipinski definition) is 4. The van der Waals surface area contributed by atoms with Gasteiger partial charge >= 0.3 is 5.92 Å². The van der Waals surface area contributed by atoms with E-state index in [1.807, 2.05) is 0 Å². The lowest BCUT2D eigenvalue weighted by atomic mass is 9.98. The molecule has 2 aliphatic heterocycles. The van der Waals surface area contributed by atoms with Gasteiger partial charge in [-0.15, -0.1) is 0 Å². The molecule has 0 aliphatic carbocycles. The van der Waals surface area contributed by atoms with Crippen molar-refractivity contribution < 1.29 is 30.7 Å². The van der Waals surface area contributed by atoms with Crippen LogP contribution in [0.5, 0.6) is 0 Å². The number of nitrogens with zero attached hydrogens (tertiary/aromatic N) is 1. The molecule has 0 aromatic heterocycles. The third-order valence-electron chi connectivity index (χ3n) is 4.08. The van der Waals surface area contributed by atoms with Crippen LogP contribution in [0.2, 0.25) is 0 Å². The Bertz CT molecular complexity index is 728. The second-order valence-corrected chi connectivity index (χ2v) is 7.28. The van der Waals surface area contributed by atoms with E-state index in [1.165, 1.54) is 0 Å². The fraction of sp³-hybridized carbons (Fsp3) is 0.538. The summed E-state index contributed by atoms with van der Waals surface area (Å²) in [7, 11) is -4.46. The van der Waals surface area contributed by atoms with Crippen molar-refractivity contribution in [3.05, 3.63) is 29.8 Å². The normalized spacial score (nSPS) is 28.3. The van der Waals surface area contributed by atoms with Crippen molar-refractivity contribution in [1.82, 2.24) is 9.62 Å². The quantitative estimate of drug-likeness (QED) is 0.814. The Morgan fingerprint density at radius 1 is 1.22 bits per heavy atom. The molecule has 0 amide bonds. The predicted molar refractivity (Wildman–Crippen MR) is 71.4 cm³/mol. The number of ether oxygens (including phenoxy) is 1. The summed E-state index contributed by atoms with van der Waals surface area (Å²) < 4.78 is 86.1. The second kappa shape index (κ2) is 5.40. The number of alkyl halides is 2. The van der Waals surface area contributed by atoms with Gasteiger partial charge in [0.1, 0.15) is 0 Å². The standard InChI is InChI=1S/C13H14F4N2O3S/c14-10-2-1-9(7-11(10)15)23(20,21)19-5-6-22-13(19)3-4-18-8-12(13,16)17/h1-2,7,18H,3-6,8H2. The van der Waals surface area contributed by atoms with Crippen molar-refractivity contribution in [2.24, 2.45) is 0 Å². The van der Waals surface area contributed by atoms with Crippen LogP contribution in [0.3, 0.4) is 0 Å². The zero-order chi connectivity index (χ0) is 16.9. The summed E-state index contributed by atoms with van der Waals surface area (Å²) in [4.78, 5) is -0.587. The molecule has 128 valence electrons. The first kappa shape index (κ1) is 16.6. The molecule has 2 heterocycles. The number of halogens is 4. The van der Waals surface area contributed by atoms with Crippen LogP contribution in [0, 0.1) is 11.6 Å². The van der Waals surface area contributed by atoms with Crippen molar-refractivity contribution in [3.63, 3.8) is 0 Å². The van der Waals surface area contributed by atoms with Crippen LogP contribution in [-0.2, 0) is 14.8 Å². The number of benzene rings is 1.